The van der Waals surface area contributed by atoms with E-state index in [-0.39, 0.29) is 22.0 Å². The SMILES string of the molecule is CCN(CC(=O)OC)S(=O)(=O)c1ccc(F)c(C(N)=S)c1. The Bertz CT molecular complexity index is 661. The molecule has 0 aliphatic heterocycles. The Labute approximate surface area is 127 Å². The van der Waals surface area contributed by atoms with E-state index in [2.05, 4.69) is 17.0 Å². The lowest BCUT2D eigenvalue weighted by molar-refractivity contribution is -0.140. The summed E-state index contributed by atoms with van der Waals surface area (Å²) in [4.78, 5) is 10.8. The highest BCUT2D eigenvalue weighted by Crippen LogP contribution is 2.19. The molecule has 0 fully saturated rings. The van der Waals surface area contributed by atoms with Crippen LogP contribution >= 0.6 is 12.2 Å². The van der Waals surface area contributed by atoms with Gasteiger partial charge >= 0.3 is 5.97 Å². The highest BCUT2D eigenvalue weighted by molar-refractivity contribution is 7.89. The number of nitrogens with zero attached hydrogens (tertiary/aromatic N) is 1. The summed E-state index contributed by atoms with van der Waals surface area (Å²) in [6, 6.07) is 3.10. The van der Waals surface area contributed by atoms with Gasteiger partial charge in [0.1, 0.15) is 17.4 Å². The molecular weight excluding hydrogens is 319 g/mol. The largest absolute Gasteiger partial charge is 0.468 e. The van der Waals surface area contributed by atoms with E-state index in [4.69, 9.17) is 5.73 Å². The molecule has 0 heterocycles. The molecule has 1 rings (SSSR count). The second kappa shape index (κ2) is 6.92. The topological polar surface area (TPSA) is 89.7 Å². The summed E-state index contributed by atoms with van der Waals surface area (Å²) in [6.45, 7) is 1.19. The van der Waals surface area contributed by atoms with Crippen LogP contribution in [0.4, 0.5) is 4.39 Å². The monoisotopic (exact) mass is 334 g/mol. The van der Waals surface area contributed by atoms with Gasteiger partial charge in [0.2, 0.25) is 10.0 Å². The van der Waals surface area contributed by atoms with E-state index in [0.717, 1.165) is 29.6 Å². The molecular formula is C12H15FN2O4S2. The van der Waals surface area contributed by atoms with Crippen LogP contribution in [0.2, 0.25) is 0 Å². The van der Waals surface area contributed by atoms with Crippen LogP contribution in [0, 0.1) is 5.82 Å². The number of sulfonamides is 1. The normalized spacial score (nSPS) is 11.4. The van der Waals surface area contributed by atoms with Crippen LogP contribution in [-0.2, 0) is 19.6 Å². The van der Waals surface area contributed by atoms with E-state index in [1.165, 1.54) is 0 Å². The Kier molecular flexibility index (Phi) is 5.76. The number of nitrogens with two attached hydrogens (primary N) is 1. The van der Waals surface area contributed by atoms with Crippen LogP contribution in [0.1, 0.15) is 12.5 Å². The number of rotatable bonds is 6. The quantitative estimate of drug-likeness (QED) is 0.607. The minimum atomic E-state index is -3.98. The Morgan fingerprint density at radius 3 is 2.57 bits per heavy atom. The van der Waals surface area contributed by atoms with Crippen molar-refractivity contribution >= 4 is 33.2 Å². The van der Waals surface area contributed by atoms with Crippen molar-refractivity contribution in [3.8, 4) is 0 Å². The van der Waals surface area contributed by atoms with Gasteiger partial charge in [0, 0.05) is 12.1 Å². The Hall–Kier alpha value is -1.58. The first kappa shape index (κ1) is 17.5. The summed E-state index contributed by atoms with van der Waals surface area (Å²) in [5.74, 6) is -1.41. The number of ether oxygens (including phenoxy) is 1. The van der Waals surface area contributed by atoms with Gasteiger partial charge in [0.05, 0.1) is 12.0 Å². The standard InChI is InChI=1S/C12H15FN2O4S2/c1-3-15(7-11(16)19-2)21(17,18)8-4-5-10(13)9(6-8)12(14)20/h4-6H,3,7H2,1-2H3,(H2,14,20). The third-order valence-corrected chi connectivity index (χ3v) is 4.86. The maximum Gasteiger partial charge on any atom is 0.321 e. The van der Waals surface area contributed by atoms with Crippen molar-refractivity contribution in [2.24, 2.45) is 5.73 Å². The highest BCUT2D eigenvalue weighted by atomic mass is 32.2. The summed E-state index contributed by atoms with van der Waals surface area (Å²) < 4.78 is 43.7. The molecule has 0 saturated carbocycles. The molecule has 0 unspecified atom stereocenters. The van der Waals surface area contributed by atoms with Crippen molar-refractivity contribution in [3.63, 3.8) is 0 Å². The Balaban J connectivity index is 3.26. The molecule has 0 spiro atoms. The lowest BCUT2D eigenvalue weighted by atomic mass is 10.2. The van der Waals surface area contributed by atoms with Crippen LogP contribution in [-0.4, -0.2) is 43.9 Å². The number of esters is 1. The number of likely N-dealkylation sites (N-methyl/N-ethyl adjacent to an activating group) is 1. The van der Waals surface area contributed by atoms with Crippen molar-refractivity contribution in [2.75, 3.05) is 20.2 Å². The molecule has 0 radical (unpaired) electrons. The Morgan fingerprint density at radius 1 is 1.48 bits per heavy atom. The van der Waals surface area contributed by atoms with E-state index in [1.54, 1.807) is 6.92 Å². The van der Waals surface area contributed by atoms with Crippen molar-refractivity contribution in [1.82, 2.24) is 4.31 Å². The van der Waals surface area contributed by atoms with E-state index < -0.39 is 28.4 Å². The second-order valence-corrected chi connectivity index (χ2v) is 6.39. The van der Waals surface area contributed by atoms with Crippen LogP contribution in [0.25, 0.3) is 0 Å². The van der Waals surface area contributed by atoms with Crippen LogP contribution < -0.4 is 5.73 Å². The average Bonchev–Trinajstić information content (AvgIpc) is 2.43. The van der Waals surface area contributed by atoms with E-state index in [9.17, 15) is 17.6 Å². The van der Waals surface area contributed by atoms with Gasteiger partial charge in [-0.3, -0.25) is 4.79 Å². The summed E-state index contributed by atoms with van der Waals surface area (Å²) in [7, 11) is -2.82. The Morgan fingerprint density at radius 2 is 2.10 bits per heavy atom. The number of halogens is 1. The van der Waals surface area contributed by atoms with Gasteiger partial charge in [-0.05, 0) is 18.2 Å². The molecule has 116 valence electrons. The van der Waals surface area contributed by atoms with Gasteiger partial charge in [0.25, 0.3) is 0 Å². The molecule has 0 saturated heterocycles. The summed E-state index contributed by atoms with van der Waals surface area (Å²) in [6.07, 6.45) is 0. The maximum absolute atomic E-state index is 13.5. The van der Waals surface area contributed by atoms with Crippen molar-refractivity contribution in [2.45, 2.75) is 11.8 Å². The average molecular weight is 334 g/mol. The summed E-state index contributed by atoms with van der Waals surface area (Å²) in [5.41, 5.74) is 5.18. The third-order valence-electron chi connectivity index (χ3n) is 2.73. The van der Waals surface area contributed by atoms with Gasteiger partial charge in [-0.25, -0.2) is 12.8 Å². The molecule has 0 amide bonds. The number of hydrogen-bond donors (Lipinski definition) is 1. The predicted octanol–water partition coefficient (Wildman–Crippen LogP) is 0.644. The van der Waals surface area contributed by atoms with E-state index >= 15 is 0 Å². The fourth-order valence-electron chi connectivity index (χ4n) is 1.58. The van der Waals surface area contributed by atoms with Gasteiger partial charge in [-0.2, -0.15) is 4.31 Å². The molecule has 9 heteroatoms. The van der Waals surface area contributed by atoms with Crippen LogP contribution in [0.3, 0.4) is 0 Å². The molecule has 0 bridgehead atoms. The summed E-state index contributed by atoms with van der Waals surface area (Å²) >= 11 is 4.67. The first-order valence-electron chi connectivity index (χ1n) is 5.90. The number of carbonyl (C=O) groups excluding carboxylic acids is 1. The van der Waals surface area contributed by atoms with E-state index in [0.29, 0.717) is 0 Å². The minimum absolute atomic E-state index is 0.0528. The fourth-order valence-corrected chi connectivity index (χ4v) is 3.15. The summed E-state index contributed by atoms with van der Waals surface area (Å²) in [5, 5.41) is 0. The number of methoxy groups -OCH3 is 1. The molecule has 0 atom stereocenters. The fraction of sp³-hybridized carbons (Fsp3) is 0.333. The van der Waals surface area contributed by atoms with Gasteiger partial charge in [0.15, 0.2) is 0 Å². The first-order valence-corrected chi connectivity index (χ1v) is 7.75. The first-order chi connectivity index (χ1) is 9.73. The molecule has 1 aromatic rings. The smallest absolute Gasteiger partial charge is 0.321 e. The molecule has 6 nitrogen and oxygen atoms in total. The molecule has 0 aromatic heterocycles. The lowest BCUT2D eigenvalue weighted by Gasteiger charge is -2.19. The molecule has 0 aliphatic carbocycles. The number of carbonyl (C=O) groups is 1. The zero-order valence-electron chi connectivity index (χ0n) is 11.5. The van der Waals surface area contributed by atoms with Crippen LogP contribution in [0.5, 0.6) is 0 Å². The molecule has 21 heavy (non-hydrogen) atoms. The predicted molar refractivity (Wildman–Crippen MR) is 78.7 cm³/mol. The minimum Gasteiger partial charge on any atom is -0.468 e. The number of thiocarbonyl (C=S) groups is 1. The lowest BCUT2D eigenvalue weighted by Crippen LogP contribution is -2.36. The van der Waals surface area contributed by atoms with Crippen LogP contribution in [0.15, 0.2) is 23.1 Å². The highest BCUT2D eigenvalue weighted by Gasteiger charge is 2.26. The van der Waals surface area contributed by atoms with Crippen molar-refractivity contribution < 1.29 is 22.3 Å². The number of benzene rings is 1. The van der Waals surface area contributed by atoms with Gasteiger partial charge < -0.3 is 10.5 Å². The molecule has 1 aromatic carbocycles. The van der Waals surface area contributed by atoms with Gasteiger partial charge in [-0.15, -0.1) is 0 Å². The second-order valence-electron chi connectivity index (χ2n) is 4.01. The molecule has 0 aliphatic rings. The zero-order chi connectivity index (χ0) is 16.2. The zero-order valence-corrected chi connectivity index (χ0v) is 13.1. The maximum atomic E-state index is 13.5. The number of hydrogen-bond acceptors (Lipinski definition) is 5. The van der Waals surface area contributed by atoms with Crippen molar-refractivity contribution in [1.29, 1.82) is 0 Å². The van der Waals surface area contributed by atoms with E-state index in [1.807, 2.05) is 0 Å². The van der Waals surface area contributed by atoms with Crippen molar-refractivity contribution in [3.05, 3.63) is 29.6 Å². The molecule has 2 N–H and O–H groups in total. The third kappa shape index (κ3) is 3.96. The van der Waals surface area contributed by atoms with Gasteiger partial charge in [-0.1, -0.05) is 19.1 Å².